The van der Waals surface area contributed by atoms with Gasteiger partial charge in [-0.15, -0.1) is 0 Å². The number of carbonyl (C=O) groups excluding carboxylic acids is 1. The summed E-state index contributed by atoms with van der Waals surface area (Å²) in [4.78, 5) is 11.0. The molecule has 0 aromatic heterocycles. The van der Waals surface area contributed by atoms with Gasteiger partial charge in [-0.1, -0.05) is 0 Å². The third kappa shape index (κ3) is 2.45. The summed E-state index contributed by atoms with van der Waals surface area (Å²) in [6, 6.07) is 3.63. The van der Waals surface area contributed by atoms with E-state index in [0.29, 0.717) is 0 Å². The number of amides is 1. The highest BCUT2D eigenvalue weighted by Gasteiger charge is 2.16. The zero-order valence-electron chi connectivity index (χ0n) is 8.38. The molecule has 0 atom stereocenters. The predicted molar refractivity (Wildman–Crippen MR) is 51.8 cm³/mol. The average Bonchev–Trinajstić information content (AvgIpc) is 2.25. The molecule has 84 valence electrons. The summed E-state index contributed by atoms with van der Waals surface area (Å²) in [7, 11) is 1.22. The lowest BCUT2D eigenvalue weighted by atomic mass is 10.2. The summed E-state index contributed by atoms with van der Waals surface area (Å²) >= 11 is 0. The molecule has 1 rings (SSSR count). The van der Waals surface area contributed by atoms with Crippen LogP contribution in [0.3, 0.4) is 0 Å². The largest absolute Gasteiger partial charge is 0.494 e. The normalized spacial score (nSPS) is 9.38. The number of anilines is 1. The van der Waals surface area contributed by atoms with Crippen molar-refractivity contribution in [2.45, 2.75) is 6.42 Å². The topological polar surface area (TPSA) is 62.1 Å². The Balaban J connectivity index is 3.03. The van der Waals surface area contributed by atoms with Crippen molar-refractivity contribution in [3.05, 3.63) is 23.8 Å². The van der Waals surface area contributed by atoms with Crippen LogP contribution in [0.5, 0.6) is 5.75 Å². The fourth-order valence-corrected chi connectivity index (χ4v) is 1.06. The zero-order chi connectivity index (χ0) is 12.1. The molecule has 0 radical (unpaired) electrons. The molecule has 4 nitrogen and oxygen atoms in total. The van der Waals surface area contributed by atoms with Gasteiger partial charge < -0.3 is 10.1 Å². The van der Waals surface area contributed by atoms with Gasteiger partial charge >= 0.3 is 0 Å². The highest BCUT2D eigenvalue weighted by atomic mass is 19.1. The number of hydrogen-bond acceptors (Lipinski definition) is 3. The van der Waals surface area contributed by atoms with E-state index in [2.05, 4.69) is 4.74 Å². The molecular weight excluding hydrogens is 218 g/mol. The Labute approximate surface area is 90.4 Å². The fraction of sp³-hybridized carbons (Fsp3) is 0.200. The highest BCUT2D eigenvalue weighted by Crippen LogP contribution is 2.27. The molecule has 0 aliphatic carbocycles. The van der Waals surface area contributed by atoms with Crippen molar-refractivity contribution >= 4 is 11.6 Å². The molecule has 1 aromatic rings. The van der Waals surface area contributed by atoms with Gasteiger partial charge in [0, 0.05) is 0 Å². The van der Waals surface area contributed by atoms with E-state index in [1.165, 1.54) is 7.11 Å². The molecule has 1 amide bonds. The summed E-state index contributed by atoms with van der Waals surface area (Å²) < 4.78 is 31.3. The number of carbonyl (C=O) groups is 1. The second kappa shape index (κ2) is 5.07. The van der Waals surface area contributed by atoms with E-state index in [4.69, 9.17) is 5.26 Å². The minimum absolute atomic E-state index is 0.186. The molecule has 0 saturated carbocycles. The van der Waals surface area contributed by atoms with E-state index in [-0.39, 0.29) is 5.75 Å². The van der Waals surface area contributed by atoms with E-state index in [1.807, 2.05) is 5.32 Å². The van der Waals surface area contributed by atoms with Crippen LogP contribution in [0.4, 0.5) is 14.5 Å². The van der Waals surface area contributed by atoms with Crippen molar-refractivity contribution in [2.75, 3.05) is 12.4 Å². The Kier molecular flexibility index (Phi) is 3.78. The van der Waals surface area contributed by atoms with Gasteiger partial charge in [0.15, 0.2) is 11.6 Å². The van der Waals surface area contributed by atoms with Crippen LogP contribution in [0.25, 0.3) is 0 Å². The van der Waals surface area contributed by atoms with Crippen LogP contribution in [0.15, 0.2) is 12.1 Å². The van der Waals surface area contributed by atoms with Gasteiger partial charge in [-0.25, -0.2) is 8.78 Å². The second-order valence-electron chi connectivity index (χ2n) is 2.82. The Bertz CT molecular complexity index is 455. The van der Waals surface area contributed by atoms with Crippen LogP contribution in [0, 0.1) is 23.0 Å². The van der Waals surface area contributed by atoms with E-state index in [0.717, 1.165) is 12.1 Å². The average molecular weight is 226 g/mol. The molecule has 0 bridgehead atoms. The fourth-order valence-electron chi connectivity index (χ4n) is 1.06. The Morgan fingerprint density at radius 2 is 2.25 bits per heavy atom. The Hall–Kier alpha value is -2.16. The molecule has 0 aliphatic rings. The maximum Gasteiger partial charge on any atom is 0.238 e. The standard InChI is InChI=1S/C10H8F2N2O2/c1-16-7-3-2-6(11)10(9(7)12)14-8(15)4-5-13/h2-3H,4H2,1H3,(H,14,15). The lowest BCUT2D eigenvalue weighted by Crippen LogP contribution is -2.13. The van der Waals surface area contributed by atoms with Crippen molar-refractivity contribution in [2.24, 2.45) is 0 Å². The van der Waals surface area contributed by atoms with Crippen molar-refractivity contribution in [1.29, 1.82) is 5.26 Å². The number of benzene rings is 1. The first-order chi connectivity index (χ1) is 7.60. The van der Waals surface area contributed by atoms with Gasteiger partial charge in [0.1, 0.15) is 17.9 Å². The minimum atomic E-state index is -1.01. The van der Waals surface area contributed by atoms with Crippen LogP contribution in [-0.4, -0.2) is 13.0 Å². The molecule has 0 unspecified atom stereocenters. The Morgan fingerprint density at radius 1 is 1.56 bits per heavy atom. The predicted octanol–water partition coefficient (Wildman–Crippen LogP) is 1.83. The molecule has 0 aliphatic heterocycles. The number of nitrogens with zero attached hydrogens (tertiary/aromatic N) is 1. The van der Waals surface area contributed by atoms with E-state index < -0.39 is 29.6 Å². The van der Waals surface area contributed by atoms with Crippen molar-refractivity contribution in [3.8, 4) is 11.8 Å². The third-order valence-electron chi connectivity index (χ3n) is 1.78. The number of hydrogen-bond donors (Lipinski definition) is 1. The number of ether oxygens (including phenoxy) is 1. The number of halogens is 2. The van der Waals surface area contributed by atoms with Gasteiger partial charge in [-0.2, -0.15) is 5.26 Å². The molecule has 0 heterocycles. The lowest BCUT2D eigenvalue weighted by molar-refractivity contribution is -0.115. The number of nitriles is 1. The first-order valence-electron chi connectivity index (χ1n) is 4.29. The number of rotatable bonds is 3. The summed E-state index contributed by atoms with van der Waals surface area (Å²) in [5.74, 6) is -2.90. The maximum atomic E-state index is 13.5. The monoisotopic (exact) mass is 226 g/mol. The minimum Gasteiger partial charge on any atom is -0.494 e. The second-order valence-corrected chi connectivity index (χ2v) is 2.82. The van der Waals surface area contributed by atoms with E-state index >= 15 is 0 Å². The van der Waals surface area contributed by atoms with E-state index in [9.17, 15) is 13.6 Å². The van der Waals surface area contributed by atoms with Gasteiger partial charge in [0.05, 0.1) is 13.2 Å². The summed E-state index contributed by atoms with van der Waals surface area (Å²) in [6.45, 7) is 0. The SMILES string of the molecule is COc1ccc(F)c(NC(=O)CC#N)c1F. The molecule has 1 N–H and O–H groups in total. The number of nitrogens with one attached hydrogen (secondary N) is 1. The molecule has 1 aromatic carbocycles. The smallest absolute Gasteiger partial charge is 0.238 e. The first-order valence-corrected chi connectivity index (χ1v) is 4.29. The van der Waals surface area contributed by atoms with Gasteiger partial charge in [0.2, 0.25) is 5.91 Å². The van der Waals surface area contributed by atoms with Crippen LogP contribution in [-0.2, 0) is 4.79 Å². The third-order valence-corrected chi connectivity index (χ3v) is 1.78. The first kappa shape index (κ1) is 11.9. The van der Waals surface area contributed by atoms with Crippen molar-refractivity contribution in [1.82, 2.24) is 0 Å². The summed E-state index contributed by atoms with van der Waals surface area (Å²) in [5, 5.41) is 10.2. The molecule has 0 fully saturated rings. The van der Waals surface area contributed by atoms with Crippen LogP contribution in [0.2, 0.25) is 0 Å². The van der Waals surface area contributed by atoms with Crippen molar-refractivity contribution in [3.63, 3.8) is 0 Å². The maximum absolute atomic E-state index is 13.5. The van der Waals surface area contributed by atoms with Crippen LogP contribution < -0.4 is 10.1 Å². The summed E-state index contributed by atoms with van der Waals surface area (Å²) in [5.41, 5.74) is -0.611. The van der Waals surface area contributed by atoms with Gasteiger partial charge in [-0.05, 0) is 12.1 Å². The van der Waals surface area contributed by atoms with Gasteiger partial charge in [-0.3, -0.25) is 4.79 Å². The molecule has 0 spiro atoms. The van der Waals surface area contributed by atoms with Crippen molar-refractivity contribution < 1.29 is 18.3 Å². The molecular formula is C10H8F2N2O2. The Morgan fingerprint density at radius 3 is 2.81 bits per heavy atom. The number of methoxy groups -OCH3 is 1. The zero-order valence-corrected chi connectivity index (χ0v) is 8.38. The molecule has 16 heavy (non-hydrogen) atoms. The molecule has 0 saturated heterocycles. The van der Waals surface area contributed by atoms with Crippen LogP contribution in [0.1, 0.15) is 6.42 Å². The summed E-state index contributed by atoms with van der Waals surface area (Å²) in [6.07, 6.45) is -0.476. The lowest BCUT2D eigenvalue weighted by Gasteiger charge is -2.08. The quantitative estimate of drug-likeness (QED) is 0.855. The van der Waals surface area contributed by atoms with Gasteiger partial charge in [0.25, 0.3) is 0 Å². The van der Waals surface area contributed by atoms with E-state index in [1.54, 1.807) is 6.07 Å². The van der Waals surface area contributed by atoms with Crippen LogP contribution >= 0.6 is 0 Å². The molecule has 6 heteroatoms. The highest BCUT2D eigenvalue weighted by molar-refractivity contribution is 5.92.